The van der Waals surface area contributed by atoms with Crippen molar-refractivity contribution >= 4 is 0 Å². The zero-order valence-corrected chi connectivity index (χ0v) is 7.52. The van der Waals surface area contributed by atoms with Gasteiger partial charge in [0.05, 0.1) is 13.2 Å². The maximum Gasteiger partial charge on any atom is 0.0621 e. The van der Waals surface area contributed by atoms with Gasteiger partial charge in [-0.3, -0.25) is 4.98 Å². The van der Waals surface area contributed by atoms with Crippen LogP contribution in [0.3, 0.4) is 0 Å². The molecule has 0 saturated carbocycles. The van der Waals surface area contributed by atoms with Crippen molar-refractivity contribution < 1.29 is 4.74 Å². The van der Waals surface area contributed by atoms with Crippen molar-refractivity contribution in [2.75, 3.05) is 13.2 Å². The Hall–Kier alpha value is -0.930. The van der Waals surface area contributed by atoms with Gasteiger partial charge in [-0.25, -0.2) is 0 Å². The van der Waals surface area contributed by atoms with E-state index in [2.05, 4.69) is 4.98 Å². The van der Waals surface area contributed by atoms with Gasteiger partial charge in [-0.05, 0) is 24.1 Å². The molecule has 2 rings (SSSR count). The molecule has 1 fully saturated rings. The van der Waals surface area contributed by atoms with Gasteiger partial charge in [0.1, 0.15) is 0 Å². The highest BCUT2D eigenvalue weighted by molar-refractivity contribution is 5.11. The van der Waals surface area contributed by atoms with Gasteiger partial charge in [-0.1, -0.05) is 0 Å². The van der Waals surface area contributed by atoms with E-state index in [1.807, 2.05) is 24.5 Å². The molecule has 2 heterocycles. The highest BCUT2D eigenvalue weighted by atomic mass is 16.5. The summed E-state index contributed by atoms with van der Waals surface area (Å²) in [5.41, 5.74) is 7.18. The third kappa shape index (κ3) is 2.05. The number of hydrogen-bond donors (Lipinski definition) is 1. The third-order valence-electron chi connectivity index (χ3n) is 2.49. The second-order valence-electron chi connectivity index (χ2n) is 3.52. The van der Waals surface area contributed by atoms with Gasteiger partial charge in [0.15, 0.2) is 0 Å². The van der Waals surface area contributed by atoms with Crippen LogP contribution in [0.25, 0.3) is 0 Å². The summed E-state index contributed by atoms with van der Waals surface area (Å²) in [4.78, 5) is 3.98. The molecule has 1 aliphatic rings. The van der Waals surface area contributed by atoms with Gasteiger partial charge in [0.25, 0.3) is 0 Å². The van der Waals surface area contributed by atoms with Crippen LogP contribution in [0.15, 0.2) is 24.5 Å². The minimum absolute atomic E-state index is 0.202. The van der Waals surface area contributed by atoms with Crippen LogP contribution in [0.5, 0.6) is 0 Å². The Morgan fingerprint density at radius 3 is 2.77 bits per heavy atom. The van der Waals surface area contributed by atoms with Crippen LogP contribution < -0.4 is 5.73 Å². The van der Waals surface area contributed by atoms with Crippen molar-refractivity contribution in [3.05, 3.63) is 30.1 Å². The number of rotatable bonds is 2. The lowest BCUT2D eigenvalue weighted by Crippen LogP contribution is -2.29. The van der Waals surface area contributed by atoms with Gasteiger partial charge in [0, 0.05) is 24.4 Å². The molecule has 3 heteroatoms. The van der Waals surface area contributed by atoms with Gasteiger partial charge in [-0.2, -0.15) is 0 Å². The van der Waals surface area contributed by atoms with E-state index < -0.39 is 0 Å². The van der Waals surface area contributed by atoms with E-state index in [9.17, 15) is 0 Å². The lowest BCUT2D eigenvalue weighted by molar-refractivity contribution is 0.184. The molecule has 3 nitrogen and oxygen atoms in total. The summed E-state index contributed by atoms with van der Waals surface area (Å²) in [7, 11) is 0. The Kier molecular flexibility index (Phi) is 2.57. The summed E-state index contributed by atoms with van der Waals surface area (Å²) in [6.45, 7) is 1.50. The molecule has 1 aromatic heterocycles. The molecular weight excluding hydrogens is 164 g/mol. The van der Waals surface area contributed by atoms with Crippen LogP contribution in [0.2, 0.25) is 0 Å². The second kappa shape index (κ2) is 3.85. The van der Waals surface area contributed by atoms with Gasteiger partial charge >= 0.3 is 0 Å². The minimum atomic E-state index is 0.202. The standard InChI is InChI=1S/C10H14N2O/c11-10-7-13-6-9(10)5-8-1-3-12-4-2-8/h1-4,9-10H,5-7,11H2/t9-,10+/m1/s1. The second-order valence-corrected chi connectivity index (χ2v) is 3.52. The zero-order valence-electron chi connectivity index (χ0n) is 7.52. The largest absolute Gasteiger partial charge is 0.379 e. The van der Waals surface area contributed by atoms with Crippen molar-refractivity contribution in [2.45, 2.75) is 12.5 Å². The molecule has 0 aromatic carbocycles. The average molecular weight is 178 g/mol. The molecular formula is C10H14N2O. The number of ether oxygens (including phenoxy) is 1. The molecule has 1 aliphatic heterocycles. The fraction of sp³-hybridized carbons (Fsp3) is 0.500. The topological polar surface area (TPSA) is 48.1 Å². The Morgan fingerprint density at radius 2 is 2.15 bits per heavy atom. The van der Waals surface area contributed by atoms with Crippen LogP contribution in [-0.4, -0.2) is 24.2 Å². The first-order valence-corrected chi connectivity index (χ1v) is 4.58. The predicted octanol–water partition coefficient (Wildman–Crippen LogP) is 0.598. The predicted molar refractivity (Wildman–Crippen MR) is 50.2 cm³/mol. The first-order valence-electron chi connectivity index (χ1n) is 4.58. The first kappa shape index (κ1) is 8.66. The number of hydrogen-bond acceptors (Lipinski definition) is 3. The Balaban J connectivity index is 1.98. The number of nitrogens with zero attached hydrogens (tertiary/aromatic N) is 1. The Labute approximate surface area is 77.9 Å². The lowest BCUT2D eigenvalue weighted by atomic mass is 9.96. The van der Waals surface area contributed by atoms with Crippen molar-refractivity contribution in [2.24, 2.45) is 11.7 Å². The maximum absolute atomic E-state index is 5.89. The summed E-state index contributed by atoms with van der Waals surface area (Å²) in [6, 6.07) is 4.27. The molecule has 0 radical (unpaired) electrons. The molecule has 0 aliphatic carbocycles. The maximum atomic E-state index is 5.89. The molecule has 0 unspecified atom stereocenters. The highest BCUT2D eigenvalue weighted by Gasteiger charge is 2.24. The summed E-state index contributed by atoms with van der Waals surface area (Å²) < 4.78 is 5.30. The van der Waals surface area contributed by atoms with Crippen LogP contribution in [0.1, 0.15) is 5.56 Å². The zero-order chi connectivity index (χ0) is 9.10. The van der Waals surface area contributed by atoms with Crippen molar-refractivity contribution in [3.63, 3.8) is 0 Å². The van der Waals surface area contributed by atoms with E-state index in [1.165, 1.54) is 5.56 Å². The monoisotopic (exact) mass is 178 g/mol. The summed E-state index contributed by atoms with van der Waals surface area (Å²) in [5.74, 6) is 0.474. The van der Waals surface area contributed by atoms with Crippen LogP contribution in [-0.2, 0) is 11.2 Å². The average Bonchev–Trinajstić information content (AvgIpc) is 2.54. The molecule has 0 spiro atoms. The Morgan fingerprint density at radius 1 is 1.38 bits per heavy atom. The Bertz CT molecular complexity index is 263. The van der Waals surface area contributed by atoms with E-state index in [1.54, 1.807) is 0 Å². The summed E-state index contributed by atoms with van der Waals surface area (Å²) in [6.07, 6.45) is 4.64. The van der Waals surface area contributed by atoms with E-state index in [4.69, 9.17) is 10.5 Å². The van der Waals surface area contributed by atoms with Crippen molar-refractivity contribution in [1.82, 2.24) is 4.98 Å². The first-order chi connectivity index (χ1) is 6.36. The highest BCUT2D eigenvalue weighted by Crippen LogP contribution is 2.16. The SMILES string of the molecule is N[C@H]1COC[C@H]1Cc1ccncc1. The lowest BCUT2D eigenvalue weighted by Gasteiger charge is -2.12. The minimum Gasteiger partial charge on any atom is -0.379 e. The number of nitrogens with two attached hydrogens (primary N) is 1. The fourth-order valence-corrected chi connectivity index (χ4v) is 1.65. The number of pyridine rings is 1. The molecule has 2 atom stereocenters. The summed E-state index contributed by atoms with van der Waals surface area (Å²) >= 11 is 0. The molecule has 1 saturated heterocycles. The normalized spacial score (nSPS) is 27.8. The van der Waals surface area contributed by atoms with E-state index >= 15 is 0 Å². The molecule has 1 aromatic rings. The van der Waals surface area contributed by atoms with Crippen molar-refractivity contribution in [3.8, 4) is 0 Å². The van der Waals surface area contributed by atoms with Crippen LogP contribution >= 0.6 is 0 Å². The molecule has 0 amide bonds. The summed E-state index contributed by atoms with van der Waals surface area (Å²) in [5, 5.41) is 0. The van der Waals surface area contributed by atoms with E-state index in [-0.39, 0.29) is 6.04 Å². The molecule has 0 bridgehead atoms. The van der Waals surface area contributed by atoms with E-state index in [0.29, 0.717) is 12.5 Å². The fourth-order valence-electron chi connectivity index (χ4n) is 1.65. The smallest absolute Gasteiger partial charge is 0.0621 e. The number of aromatic nitrogens is 1. The van der Waals surface area contributed by atoms with E-state index in [0.717, 1.165) is 13.0 Å². The van der Waals surface area contributed by atoms with Gasteiger partial charge in [-0.15, -0.1) is 0 Å². The quantitative estimate of drug-likeness (QED) is 0.721. The van der Waals surface area contributed by atoms with Crippen molar-refractivity contribution in [1.29, 1.82) is 0 Å². The van der Waals surface area contributed by atoms with Crippen LogP contribution in [0.4, 0.5) is 0 Å². The third-order valence-corrected chi connectivity index (χ3v) is 2.49. The molecule has 2 N–H and O–H groups in total. The molecule has 70 valence electrons. The van der Waals surface area contributed by atoms with Crippen LogP contribution in [0, 0.1) is 5.92 Å². The van der Waals surface area contributed by atoms with Gasteiger partial charge < -0.3 is 10.5 Å². The van der Waals surface area contributed by atoms with Gasteiger partial charge in [0.2, 0.25) is 0 Å². The molecule has 13 heavy (non-hydrogen) atoms.